The van der Waals surface area contributed by atoms with Gasteiger partial charge in [0.1, 0.15) is 23.7 Å². The maximum absolute atomic E-state index is 8.98. The van der Waals surface area contributed by atoms with E-state index in [0.29, 0.717) is 25.4 Å². The van der Waals surface area contributed by atoms with Gasteiger partial charge in [-0.25, -0.2) is 4.68 Å². The second-order valence-corrected chi connectivity index (χ2v) is 4.24. The van der Waals surface area contributed by atoms with E-state index in [4.69, 9.17) is 15.6 Å². The highest BCUT2D eigenvalue weighted by Gasteiger charge is 2.12. The summed E-state index contributed by atoms with van der Waals surface area (Å²) in [7, 11) is 0. The van der Waals surface area contributed by atoms with Crippen LogP contribution < -0.4 is 10.5 Å². The van der Waals surface area contributed by atoms with Gasteiger partial charge in [-0.3, -0.25) is 0 Å². The fourth-order valence-electron chi connectivity index (χ4n) is 1.75. The first-order chi connectivity index (χ1) is 9.24. The van der Waals surface area contributed by atoms with Crippen molar-refractivity contribution in [2.45, 2.75) is 26.6 Å². The number of hydrogen-bond donors (Lipinski definition) is 2. The van der Waals surface area contributed by atoms with Crippen molar-refractivity contribution in [1.29, 1.82) is 0 Å². The van der Waals surface area contributed by atoms with Crippen molar-refractivity contribution in [2.24, 2.45) is 5.73 Å². The molecule has 0 spiro atoms. The SMILES string of the molecule is Cc1ccc(OCc2c(CN)nnn2CCO)cc1. The first-order valence-corrected chi connectivity index (χ1v) is 6.16. The lowest BCUT2D eigenvalue weighted by atomic mass is 10.2. The zero-order valence-electron chi connectivity index (χ0n) is 10.9. The molecule has 0 radical (unpaired) electrons. The van der Waals surface area contributed by atoms with E-state index < -0.39 is 0 Å². The summed E-state index contributed by atoms with van der Waals surface area (Å²) in [6.45, 7) is 3.06. The lowest BCUT2D eigenvalue weighted by Crippen LogP contribution is -2.12. The van der Waals surface area contributed by atoms with Crippen LogP contribution in [0.4, 0.5) is 0 Å². The molecule has 0 fully saturated rings. The van der Waals surface area contributed by atoms with Crippen LogP contribution in [-0.4, -0.2) is 26.7 Å². The van der Waals surface area contributed by atoms with E-state index >= 15 is 0 Å². The fraction of sp³-hybridized carbons (Fsp3) is 0.385. The Hall–Kier alpha value is -1.92. The molecule has 6 heteroatoms. The first-order valence-electron chi connectivity index (χ1n) is 6.16. The van der Waals surface area contributed by atoms with Gasteiger partial charge < -0.3 is 15.6 Å². The van der Waals surface area contributed by atoms with Gasteiger partial charge in [0.05, 0.1) is 13.2 Å². The Kier molecular flexibility index (Phi) is 4.48. The Morgan fingerprint density at radius 1 is 1.32 bits per heavy atom. The van der Waals surface area contributed by atoms with Crippen LogP contribution in [-0.2, 0) is 19.7 Å². The van der Waals surface area contributed by atoms with Gasteiger partial charge in [-0.15, -0.1) is 5.10 Å². The smallest absolute Gasteiger partial charge is 0.132 e. The molecule has 0 saturated heterocycles. The largest absolute Gasteiger partial charge is 0.487 e. The Labute approximate surface area is 111 Å². The summed E-state index contributed by atoms with van der Waals surface area (Å²) >= 11 is 0. The molecule has 102 valence electrons. The average Bonchev–Trinajstić information content (AvgIpc) is 2.81. The number of nitrogens with two attached hydrogens (primary N) is 1. The number of aryl methyl sites for hydroxylation is 1. The third kappa shape index (κ3) is 3.30. The molecular weight excluding hydrogens is 244 g/mol. The molecule has 19 heavy (non-hydrogen) atoms. The summed E-state index contributed by atoms with van der Waals surface area (Å²) in [4.78, 5) is 0. The van der Waals surface area contributed by atoms with E-state index in [9.17, 15) is 0 Å². The van der Waals surface area contributed by atoms with Crippen LogP contribution >= 0.6 is 0 Å². The number of aliphatic hydroxyl groups is 1. The first kappa shape index (κ1) is 13.5. The van der Waals surface area contributed by atoms with Crippen molar-refractivity contribution in [1.82, 2.24) is 15.0 Å². The summed E-state index contributed by atoms with van der Waals surface area (Å²) in [6, 6.07) is 7.81. The maximum Gasteiger partial charge on any atom is 0.132 e. The Morgan fingerprint density at radius 2 is 2.05 bits per heavy atom. The molecular formula is C13H18N4O2. The zero-order chi connectivity index (χ0) is 13.7. The molecule has 3 N–H and O–H groups in total. The van der Waals surface area contributed by atoms with Gasteiger partial charge in [0.15, 0.2) is 0 Å². The molecule has 0 aliphatic heterocycles. The third-order valence-corrected chi connectivity index (χ3v) is 2.82. The van der Waals surface area contributed by atoms with Crippen LogP contribution in [0.5, 0.6) is 5.75 Å². The number of rotatable bonds is 6. The highest BCUT2D eigenvalue weighted by molar-refractivity contribution is 5.26. The Bertz CT molecular complexity index is 522. The number of hydrogen-bond acceptors (Lipinski definition) is 5. The van der Waals surface area contributed by atoms with Crippen LogP contribution in [0.25, 0.3) is 0 Å². The van der Waals surface area contributed by atoms with Gasteiger partial charge in [-0.1, -0.05) is 22.9 Å². The van der Waals surface area contributed by atoms with E-state index in [0.717, 1.165) is 11.4 Å². The highest BCUT2D eigenvalue weighted by atomic mass is 16.5. The van der Waals surface area contributed by atoms with Crippen molar-refractivity contribution < 1.29 is 9.84 Å². The van der Waals surface area contributed by atoms with Crippen LogP contribution in [0.15, 0.2) is 24.3 Å². The van der Waals surface area contributed by atoms with Crippen LogP contribution in [0.2, 0.25) is 0 Å². The highest BCUT2D eigenvalue weighted by Crippen LogP contribution is 2.14. The van der Waals surface area contributed by atoms with Crippen molar-refractivity contribution >= 4 is 0 Å². The topological polar surface area (TPSA) is 86.2 Å². The maximum atomic E-state index is 8.98. The van der Waals surface area contributed by atoms with Gasteiger partial charge in [0.2, 0.25) is 0 Å². The predicted octanol–water partition coefficient (Wildman–Crippen LogP) is 0.617. The molecule has 0 saturated carbocycles. The Morgan fingerprint density at radius 3 is 2.68 bits per heavy atom. The van der Waals surface area contributed by atoms with E-state index in [1.807, 2.05) is 31.2 Å². The van der Waals surface area contributed by atoms with Gasteiger partial charge in [-0.2, -0.15) is 0 Å². The average molecular weight is 262 g/mol. The quantitative estimate of drug-likeness (QED) is 0.797. The number of benzene rings is 1. The van der Waals surface area contributed by atoms with E-state index in [1.54, 1.807) is 4.68 Å². The normalized spacial score (nSPS) is 10.7. The second kappa shape index (κ2) is 6.31. The Balaban J connectivity index is 2.09. The third-order valence-electron chi connectivity index (χ3n) is 2.82. The van der Waals surface area contributed by atoms with Crippen molar-refractivity contribution in [3.8, 4) is 5.75 Å². The summed E-state index contributed by atoms with van der Waals surface area (Å²) in [5, 5.41) is 16.9. The minimum atomic E-state index is 0.00486. The van der Waals surface area contributed by atoms with Crippen molar-refractivity contribution in [3.05, 3.63) is 41.2 Å². The molecule has 1 aromatic carbocycles. The molecule has 2 aromatic rings. The van der Waals surface area contributed by atoms with Crippen molar-refractivity contribution in [2.75, 3.05) is 6.61 Å². The standard InChI is InChI=1S/C13H18N4O2/c1-10-2-4-11(5-3-10)19-9-13-12(8-14)15-16-17(13)6-7-18/h2-5,18H,6-9,14H2,1H3. The minimum absolute atomic E-state index is 0.00486. The lowest BCUT2D eigenvalue weighted by Gasteiger charge is -2.09. The van der Waals surface area contributed by atoms with E-state index in [2.05, 4.69) is 10.3 Å². The fourth-order valence-corrected chi connectivity index (χ4v) is 1.75. The molecule has 0 amide bonds. The summed E-state index contributed by atoms with van der Waals surface area (Å²) in [5.74, 6) is 0.783. The number of nitrogens with zero attached hydrogens (tertiary/aromatic N) is 3. The van der Waals surface area contributed by atoms with E-state index in [-0.39, 0.29) is 6.61 Å². The molecule has 0 aliphatic rings. The van der Waals surface area contributed by atoms with Gasteiger partial charge in [-0.05, 0) is 19.1 Å². The van der Waals surface area contributed by atoms with E-state index in [1.165, 1.54) is 5.56 Å². The summed E-state index contributed by atoms with van der Waals surface area (Å²) in [5.41, 5.74) is 8.30. The van der Waals surface area contributed by atoms with Gasteiger partial charge in [0.25, 0.3) is 0 Å². The van der Waals surface area contributed by atoms with Crippen LogP contribution in [0.3, 0.4) is 0 Å². The molecule has 1 heterocycles. The molecule has 0 atom stereocenters. The minimum Gasteiger partial charge on any atom is -0.487 e. The molecule has 1 aromatic heterocycles. The summed E-state index contributed by atoms with van der Waals surface area (Å²) in [6.07, 6.45) is 0. The predicted molar refractivity (Wildman–Crippen MR) is 70.5 cm³/mol. The zero-order valence-corrected chi connectivity index (χ0v) is 10.9. The van der Waals surface area contributed by atoms with Gasteiger partial charge in [0, 0.05) is 6.54 Å². The molecule has 0 bridgehead atoms. The van der Waals surface area contributed by atoms with Gasteiger partial charge >= 0.3 is 0 Å². The number of aromatic nitrogens is 3. The molecule has 6 nitrogen and oxygen atoms in total. The molecule has 2 rings (SSSR count). The second-order valence-electron chi connectivity index (χ2n) is 4.24. The van der Waals surface area contributed by atoms with Crippen LogP contribution in [0.1, 0.15) is 17.0 Å². The summed E-state index contributed by atoms with van der Waals surface area (Å²) < 4.78 is 7.32. The lowest BCUT2D eigenvalue weighted by molar-refractivity contribution is 0.251. The van der Waals surface area contributed by atoms with Crippen LogP contribution in [0, 0.1) is 6.92 Å². The number of aliphatic hydroxyl groups excluding tert-OH is 1. The molecule has 0 aliphatic carbocycles. The number of ether oxygens (including phenoxy) is 1. The molecule has 0 unspecified atom stereocenters. The monoisotopic (exact) mass is 262 g/mol. The van der Waals surface area contributed by atoms with Crippen molar-refractivity contribution in [3.63, 3.8) is 0 Å².